The van der Waals surface area contributed by atoms with Gasteiger partial charge in [-0.05, 0) is 38.1 Å². The van der Waals surface area contributed by atoms with Crippen molar-refractivity contribution in [3.05, 3.63) is 0 Å². The van der Waals surface area contributed by atoms with Crippen molar-refractivity contribution >= 4 is 5.91 Å². The molecule has 1 heterocycles. The van der Waals surface area contributed by atoms with Crippen molar-refractivity contribution in [3.8, 4) is 0 Å². The van der Waals surface area contributed by atoms with Crippen molar-refractivity contribution in [1.29, 1.82) is 0 Å². The fraction of sp³-hybridized carbons (Fsp3) is 0.929. The zero-order valence-corrected chi connectivity index (χ0v) is 11.5. The molecule has 1 unspecified atom stereocenters. The molecule has 104 valence electrons. The van der Waals surface area contributed by atoms with Gasteiger partial charge in [0.25, 0.3) is 0 Å². The monoisotopic (exact) mass is 254 g/mol. The van der Waals surface area contributed by atoms with Crippen molar-refractivity contribution in [3.63, 3.8) is 0 Å². The number of ether oxygens (including phenoxy) is 1. The number of likely N-dealkylation sites (N-methyl/N-ethyl adjacent to an activating group) is 1. The molecular formula is C14H26N2O2. The van der Waals surface area contributed by atoms with Gasteiger partial charge in [0.1, 0.15) is 0 Å². The van der Waals surface area contributed by atoms with Gasteiger partial charge in [0.15, 0.2) is 0 Å². The number of nitrogens with one attached hydrogen (secondary N) is 1. The second-order valence-electron chi connectivity index (χ2n) is 5.63. The smallest absolute Gasteiger partial charge is 0.239 e. The summed E-state index contributed by atoms with van der Waals surface area (Å²) in [6.45, 7) is 3.24. The van der Waals surface area contributed by atoms with Crippen LogP contribution in [0.5, 0.6) is 0 Å². The highest BCUT2D eigenvalue weighted by atomic mass is 16.5. The first-order chi connectivity index (χ1) is 8.77. The van der Waals surface area contributed by atoms with Crippen LogP contribution in [0, 0.1) is 5.92 Å². The van der Waals surface area contributed by atoms with E-state index in [1.165, 1.54) is 25.7 Å². The summed E-state index contributed by atoms with van der Waals surface area (Å²) in [5.41, 5.74) is 0. The Balaban J connectivity index is 1.62. The minimum Gasteiger partial charge on any atom is -0.379 e. The first-order valence-electron chi connectivity index (χ1n) is 7.33. The number of nitrogens with zero attached hydrogens (tertiary/aromatic N) is 1. The molecule has 1 amide bonds. The van der Waals surface area contributed by atoms with Gasteiger partial charge in [-0.25, -0.2) is 0 Å². The van der Waals surface area contributed by atoms with E-state index < -0.39 is 0 Å². The zero-order chi connectivity index (χ0) is 12.8. The second-order valence-corrected chi connectivity index (χ2v) is 5.63. The summed E-state index contributed by atoms with van der Waals surface area (Å²) in [6, 6.07) is 0.0286. The lowest BCUT2D eigenvalue weighted by Gasteiger charge is -2.23. The molecule has 0 aromatic carbocycles. The molecule has 2 aliphatic rings. The third-order valence-electron chi connectivity index (χ3n) is 3.86. The standard InChI is InChI=1S/C14H26N2O2/c1-16(9-10-18-11-12-6-7-12)14(17)13-5-3-2-4-8-15-13/h12-13,15H,2-11H2,1H3. The average Bonchev–Trinajstić information content (AvgIpc) is 3.19. The Bertz CT molecular complexity index is 259. The van der Waals surface area contributed by atoms with Crippen molar-refractivity contribution < 1.29 is 9.53 Å². The Morgan fingerprint density at radius 1 is 1.28 bits per heavy atom. The van der Waals surface area contributed by atoms with Gasteiger partial charge in [-0.1, -0.05) is 12.8 Å². The summed E-state index contributed by atoms with van der Waals surface area (Å²) in [5.74, 6) is 1.03. The third-order valence-corrected chi connectivity index (χ3v) is 3.86. The number of amides is 1. The van der Waals surface area contributed by atoms with E-state index in [-0.39, 0.29) is 11.9 Å². The number of rotatable bonds is 6. The summed E-state index contributed by atoms with van der Waals surface area (Å²) in [6.07, 6.45) is 7.21. The van der Waals surface area contributed by atoms with Crippen molar-refractivity contribution in [1.82, 2.24) is 10.2 Å². The average molecular weight is 254 g/mol. The molecule has 0 spiro atoms. The molecule has 1 aliphatic heterocycles. The third kappa shape index (κ3) is 4.58. The van der Waals surface area contributed by atoms with Crippen LogP contribution in [0.3, 0.4) is 0 Å². The van der Waals surface area contributed by atoms with E-state index in [0.29, 0.717) is 13.2 Å². The van der Waals surface area contributed by atoms with E-state index in [9.17, 15) is 4.79 Å². The molecule has 1 saturated carbocycles. The Morgan fingerprint density at radius 2 is 2.11 bits per heavy atom. The van der Waals surface area contributed by atoms with Crippen LogP contribution in [0.15, 0.2) is 0 Å². The molecule has 1 aliphatic carbocycles. The topological polar surface area (TPSA) is 41.6 Å². The van der Waals surface area contributed by atoms with Gasteiger partial charge in [-0.15, -0.1) is 0 Å². The lowest BCUT2D eigenvalue weighted by molar-refractivity contribution is -0.132. The summed E-state index contributed by atoms with van der Waals surface area (Å²) < 4.78 is 5.58. The van der Waals surface area contributed by atoms with Crippen LogP contribution in [0.25, 0.3) is 0 Å². The number of hydrogen-bond acceptors (Lipinski definition) is 3. The summed E-state index contributed by atoms with van der Waals surface area (Å²) >= 11 is 0. The molecule has 0 bridgehead atoms. The van der Waals surface area contributed by atoms with E-state index in [0.717, 1.165) is 31.9 Å². The van der Waals surface area contributed by atoms with E-state index in [1.54, 1.807) is 0 Å². The van der Waals surface area contributed by atoms with E-state index in [2.05, 4.69) is 5.32 Å². The fourth-order valence-electron chi connectivity index (χ4n) is 2.35. The molecule has 0 aromatic heterocycles. The van der Waals surface area contributed by atoms with Gasteiger partial charge in [-0.2, -0.15) is 0 Å². The lowest BCUT2D eigenvalue weighted by atomic mass is 10.1. The highest BCUT2D eigenvalue weighted by Crippen LogP contribution is 2.28. The quantitative estimate of drug-likeness (QED) is 0.729. The number of carbonyl (C=O) groups is 1. The Morgan fingerprint density at radius 3 is 2.89 bits per heavy atom. The maximum Gasteiger partial charge on any atom is 0.239 e. The van der Waals surface area contributed by atoms with Crippen LogP contribution in [0.4, 0.5) is 0 Å². The molecule has 0 radical (unpaired) electrons. The van der Waals surface area contributed by atoms with Gasteiger partial charge < -0.3 is 15.0 Å². The molecule has 1 saturated heterocycles. The SMILES string of the molecule is CN(CCOCC1CC1)C(=O)C1CCCCCN1. The highest BCUT2D eigenvalue weighted by Gasteiger charge is 2.23. The van der Waals surface area contributed by atoms with Crippen molar-refractivity contribution in [2.45, 2.75) is 44.6 Å². The molecule has 0 aromatic rings. The minimum atomic E-state index is 0.0286. The van der Waals surface area contributed by atoms with Gasteiger partial charge >= 0.3 is 0 Å². The minimum absolute atomic E-state index is 0.0286. The predicted octanol–water partition coefficient (Wildman–Crippen LogP) is 1.40. The first kappa shape index (κ1) is 13.8. The summed E-state index contributed by atoms with van der Waals surface area (Å²) in [7, 11) is 1.88. The van der Waals surface area contributed by atoms with E-state index >= 15 is 0 Å². The van der Waals surface area contributed by atoms with Crippen LogP contribution < -0.4 is 5.32 Å². The molecule has 1 N–H and O–H groups in total. The van der Waals surface area contributed by atoms with Gasteiger partial charge in [0, 0.05) is 20.2 Å². The molecular weight excluding hydrogens is 228 g/mol. The van der Waals surface area contributed by atoms with Gasteiger partial charge in [0.2, 0.25) is 5.91 Å². The second kappa shape index (κ2) is 7.10. The lowest BCUT2D eigenvalue weighted by Crippen LogP contribution is -2.45. The van der Waals surface area contributed by atoms with Crippen LogP contribution in [0.1, 0.15) is 38.5 Å². The Labute approximate surface area is 110 Å². The van der Waals surface area contributed by atoms with E-state index in [4.69, 9.17) is 4.74 Å². The summed E-state index contributed by atoms with van der Waals surface area (Å²) in [4.78, 5) is 14.0. The Hall–Kier alpha value is -0.610. The van der Waals surface area contributed by atoms with Crippen LogP contribution in [-0.2, 0) is 9.53 Å². The predicted molar refractivity (Wildman–Crippen MR) is 71.4 cm³/mol. The molecule has 18 heavy (non-hydrogen) atoms. The van der Waals surface area contributed by atoms with Crippen LogP contribution in [0.2, 0.25) is 0 Å². The maximum absolute atomic E-state index is 12.2. The van der Waals surface area contributed by atoms with Crippen LogP contribution in [-0.4, -0.2) is 50.2 Å². The maximum atomic E-state index is 12.2. The number of hydrogen-bond donors (Lipinski definition) is 1. The fourth-order valence-corrected chi connectivity index (χ4v) is 2.35. The normalized spacial score (nSPS) is 24.6. The van der Waals surface area contributed by atoms with Crippen molar-refractivity contribution in [2.75, 3.05) is 33.4 Å². The largest absolute Gasteiger partial charge is 0.379 e. The first-order valence-corrected chi connectivity index (χ1v) is 7.33. The zero-order valence-electron chi connectivity index (χ0n) is 11.5. The summed E-state index contributed by atoms with van der Waals surface area (Å²) in [5, 5.41) is 3.35. The molecule has 4 heteroatoms. The molecule has 2 rings (SSSR count). The van der Waals surface area contributed by atoms with Gasteiger partial charge in [0.05, 0.1) is 12.6 Å². The Kier molecular flexibility index (Phi) is 5.45. The van der Waals surface area contributed by atoms with Crippen molar-refractivity contribution in [2.24, 2.45) is 5.92 Å². The van der Waals surface area contributed by atoms with Gasteiger partial charge in [-0.3, -0.25) is 4.79 Å². The molecule has 1 atom stereocenters. The van der Waals surface area contributed by atoms with E-state index in [1.807, 2.05) is 11.9 Å². The molecule has 4 nitrogen and oxygen atoms in total. The number of carbonyl (C=O) groups excluding carboxylic acids is 1. The van der Waals surface area contributed by atoms with Crippen LogP contribution >= 0.6 is 0 Å². The molecule has 2 fully saturated rings. The highest BCUT2D eigenvalue weighted by molar-refractivity contribution is 5.81.